The molecular weight excluding hydrogens is 978 g/mol. The number of methoxy groups -OCH3 is 1. The number of alkyl halides is 1. The predicted octanol–water partition coefficient (Wildman–Crippen LogP) is 3.76. The Morgan fingerprint density at radius 2 is 1.67 bits per heavy atom. The van der Waals surface area contributed by atoms with Gasteiger partial charge < -0.3 is 59.0 Å². The molecule has 5 N–H and O–H groups in total. The molecule has 0 saturated carbocycles. The Kier molecular flexibility index (Phi) is 19.8. The van der Waals surface area contributed by atoms with Crippen LogP contribution in [0, 0.1) is 33.8 Å². The number of carbonyl (C=O) groups excluding carboxylic acids is 1. The van der Waals surface area contributed by atoms with Crippen LogP contribution in [0.1, 0.15) is 107 Å². The van der Waals surface area contributed by atoms with Gasteiger partial charge in [-0.2, -0.15) is 0 Å². The van der Waals surface area contributed by atoms with Gasteiger partial charge in [-0.05, 0) is 98.9 Å². The molecule has 0 amide bonds. The third kappa shape index (κ3) is 13.6. The zero-order valence-electron chi connectivity index (χ0n) is 46.0. The number of nitro groups is 1. The van der Waals surface area contributed by atoms with Crippen molar-refractivity contribution < 1.29 is 63.3 Å². The Morgan fingerprint density at radius 3 is 2.29 bits per heavy atom. The fourth-order valence-corrected chi connectivity index (χ4v) is 12.0. The largest absolute Gasteiger partial charge is 0.459 e. The molecular formula is C52H84FN9O13. The quantitative estimate of drug-likeness (QED) is 0.0823. The molecule has 2 unspecified atom stereocenters. The van der Waals surface area contributed by atoms with E-state index < -0.39 is 125 Å². The van der Waals surface area contributed by atoms with Crippen LogP contribution in [0.2, 0.25) is 0 Å². The Morgan fingerprint density at radius 1 is 0.987 bits per heavy atom. The van der Waals surface area contributed by atoms with Crippen LogP contribution >= 0.6 is 0 Å². The van der Waals surface area contributed by atoms with Crippen molar-refractivity contribution in [2.45, 2.75) is 198 Å². The number of nitro benzene ring substituents is 1. The number of aliphatic hydroxyl groups excluding tert-OH is 3. The number of hydrogen-bond donors (Lipinski definition) is 5. The van der Waals surface area contributed by atoms with Crippen molar-refractivity contribution in [1.82, 2.24) is 39.8 Å². The van der Waals surface area contributed by atoms with Gasteiger partial charge in [-0.3, -0.25) is 14.9 Å². The van der Waals surface area contributed by atoms with E-state index in [1.165, 1.54) is 35.5 Å². The summed E-state index contributed by atoms with van der Waals surface area (Å²) in [6.45, 7) is 17.8. The Bertz CT molecular complexity index is 2320. The van der Waals surface area contributed by atoms with Crippen molar-refractivity contribution >= 4 is 11.7 Å². The summed E-state index contributed by atoms with van der Waals surface area (Å²) >= 11 is 0. The van der Waals surface area contributed by atoms with Gasteiger partial charge in [0, 0.05) is 74.9 Å². The minimum Gasteiger partial charge on any atom is -0.459 e. The number of benzene rings is 1. The van der Waals surface area contributed by atoms with Gasteiger partial charge >= 0.3 is 5.97 Å². The molecule has 23 heteroatoms. The molecule has 3 saturated heterocycles. The number of likely N-dealkylation sites (N-methyl/N-ethyl adjacent to an activating group) is 2. The van der Waals surface area contributed by atoms with Gasteiger partial charge in [-0.15, -0.1) is 10.2 Å². The van der Waals surface area contributed by atoms with E-state index in [2.05, 4.69) is 20.6 Å². The highest BCUT2D eigenvalue weighted by atomic mass is 19.1. The van der Waals surface area contributed by atoms with E-state index in [0.717, 1.165) is 0 Å². The van der Waals surface area contributed by atoms with Crippen molar-refractivity contribution in [3.05, 3.63) is 52.5 Å². The number of aromatic nitrogens is 6. The molecule has 22 nitrogen and oxygen atoms in total. The van der Waals surface area contributed by atoms with Crippen LogP contribution in [-0.2, 0) is 41.4 Å². The average molecular weight is 1060 g/mol. The average Bonchev–Trinajstić information content (AvgIpc) is 4.04. The summed E-state index contributed by atoms with van der Waals surface area (Å²) in [5.74, 6) is -3.33. The number of carbonyl (C=O) groups is 1. The Balaban J connectivity index is 1.24. The molecule has 1 aromatic carbocycles. The molecule has 422 valence electrons. The highest BCUT2D eigenvalue weighted by molar-refractivity contribution is 5.73. The summed E-state index contributed by atoms with van der Waals surface area (Å²) in [7, 11) is 5.21. The van der Waals surface area contributed by atoms with Crippen molar-refractivity contribution in [3.63, 3.8) is 0 Å². The maximum atomic E-state index is 14.6. The summed E-state index contributed by atoms with van der Waals surface area (Å²) in [5, 5.41) is 88.1. The van der Waals surface area contributed by atoms with Crippen molar-refractivity contribution in [1.29, 1.82) is 0 Å². The van der Waals surface area contributed by atoms with Gasteiger partial charge in [-0.1, -0.05) is 38.1 Å². The predicted molar refractivity (Wildman–Crippen MR) is 273 cm³/mol. The van der Waals surface area contributed by atoms with Gasteiger partial charge in [0.15, 0.2) is 6.29 Å². The summed E-state index contributed by atoms with van der Waals surface area (Å²) in [6.07, 6.45) is -4.23. The molecule has 0 radical (unpaired) electrons. The number of esters is 1. The number of halogens is 1. The number of nitrogens with zero attached hydrogens (tertiary/aromatic N) is 9. The molecule has 3 aliphatic heterocycles. The molecule has 19 atom stereocenters. The molecule has 5 heterocycles. The standard InChI is InChI=1S/C52H84FN9O13/c1-14-42-52(10,68)45(64)33(6)59(12)25-29(2)22-50(8,67)47(31(4)43(32(5)48(66)74-42)41-23-51(9,71-13)46(65)34(7)73-41)75-49-44(63)40(21-30(3)72-49)58(11)20-19-36-26-61(57-54-36)38(24-53)27-60-28-39(55-56-60)35-15-17-37(18-16-35)62(69)70/h15-18,26,28-34,38,40-47,49,63-65,67-68H,14,19-25,27H2,1-13H3/t29-,30-,31+,32-,33-,34+,38?,40+,41?,42-,43+,44-,45-,46+,47-,49+,50-,51-,52-/m1/s1. The third-order valence-electron chi connectivity index (χ3n) is 16.6. The Hall–Kier alpha value is -4.14. The van der Waals surface area contributed by atoms with Crippen LogP contribution < -0.4 is 0 Å². The smallest absolute Gasteiger partial charge is 0.309 e. The van der Waals surface area contributed by atoms with E-state index >= 15 is 0 Å². The minimum absolute atomic E-state index is 0.0532. The molecule has 3 aliphatic rings. The number of cyclic esters (lactones) is 1. The molecule has 6 rings (SSSR count). The maximum absolute atomic E-state index is 14.6. The summed E-state index contributed by atoms with van der Waals surface area (Å²) in [5.41, 5.74) is -2.94. The normalized spacial score (nSPS) is 38.4. The van der Waals surface area contributed by atoms with Crippen LogP contribution in [0.3, 0.4) is 0 Å². The SMILES string of the molecule is CC[C@H]1OC(=O)[C@H](C)[C@@H](C2C[C@@](C)(OC)[C@@H](O)[C@H](C)O2)[C@H](C)[C@@H](O[C@@H]2O[C@H](C)C[C@H](N(C)CCc3cn(C(CF)Cn4cc(-c5ccc([N+](=O)[O-])cc5)nn4)nn3)[C@H]2O)[C@](C)(O)C[C@@H](C)CN(C)[C@H](C)[C@@H](O)[C@]1(C)O. The molecule has 0 aliphatic carbocycles. The fraction of sp³-hybridized carbons (Fsp3) is 0.788. The number of aliphatic hydroxyl groups is 5. The summed E-state index contributed by atoms with van der Waals surface area (Å²) in [6, 6.07) is 4.05. The molecule has 3 fully saturated rings. The van der Waals surface area contributed by atoms with E-state index in [-0.39, 0.29) is 37.4 Å². The van der Waals surface area contributed by atoms with Crippen molar-refractivity contribution in [3.8, 4) is 11.3 Å². The molecule has 0 spiro atoms. The van der Waals surface area contributed by atoms with Crippen molar-refractivity contribution in [2.24, 2.45) is 23.7 Å². The lowest BCUT2D eigenvalue weighted by molar-refractivity contribution is -0.384. The zero-order valence-corrected chi connectivity index (χ0v) is 46.0. The Labute approximate surface area is 439 Å². The minimum atomic E-state index is -1.84. The highest BCUT2D eigenvalue weighted by Crippen LogP contribution is 2.45. The first-order valence-corrected chi connectivity index (χ1v) is 26.4. The maximum Gasteiger partial charge on any atom is 0.309 e. The lowest BCUT2D eigenvalue weighted by Crippen LogP contribution is -2.62. The molecule has 3 aromatic rings. The first-order valence-electron chi connectivity index (χ1n) is 26.4. The van der Waals surface area contributed by atoms with Gasteiger partial charge in [0.05, 0.1) is 64.9 Å². The summed E-state index contributed by atoms with van der Waals surface area (Å²) < 4.78 is 49.6. The van der Waals surface area contributed by atoms with E-state index in [1.54, 1.807) is 66.1 Å². The highest BCUT2D eigenvalue weighted by Gasteiger charge is 2.55. The third-order valence-corrected chi connectivity index (χ3v) is 16.6. The number of non-ortho nitro benzene ring substituents is 1. The van der Waals surface area contributed by atoms with Crippen LogP contribution in [0.4, 0.5) is 10.1 Å². The van der Waals surface area contributed by atoms with Gasteiger partial charge in [0.25, 0.3) is 5.69 Å². The number of ether oxygens (including phenoxy) is 5. The number of rotatable bonds is 15. The lowest BCUT2D eigenvalue weighted by atomic mass is 9.68. The zero-order chi connectivity index (χ0) is 55.5. The van der Waals surface area contributed by atoms with E-state index in [1.807, 2.05) is 44.7 Å². The molecule has 0 bridgehead atoms. The van der Waals surface area contributed by atoms with Gasteiger partial charge in [0.1, 0.15) is 48.4 Å². The first-order chi connectivity index (χ1) is 35.2. The second-order valence-corrected chi connectivity index (χ2v) is 22.6. The fourth-order valence-electron chi connectivity index (χ4n) is 12.0. The van der Waals surface area contributed by atoms with E-state index in [9.17, 15) is 44.8 Å². The van der Waals surface area contributed by atoms with Gasteiger partial charge in [-0.25, -0.2) is 13.8 Å². The second-order valence-electron chi connectivity index (χ2n) is 22.6. The van der Waals surface area contributed by atoms with Crippen LogP contribution in [0.15, 0.2) is 36.7 Å². The second kappa shape index (κ2) is 24.7. The van der Waals surface area contributed by atoms with E-state index in [4.69, 9.17) is 23.7 Å². The van der Waals surface area contributed by atoms with Crippen LogP contribution in [0.5, 0.6) is 0 Å². The monoisotopic (exact) mass is 1060 g/mol. The van der Waals surface area contributed by atoms with Gasteiger partial charge in [0.2, 0.25) is 0 Å². The first kappa shape index (κ1) is 60.1. The van der Waals surface area contributed by atoms with Crippen molar-refractivity contribution in [2.75, 3.05) is 41.0 Å². The number of hydrogen-bond acceptors (Lipinski definition) is 19. The lowest BCUT2D eigenvalue weighted by Gasteiger charge is -2.51. The van der Waals surface area contributed by atoms with Crippen LogP contribution in [0.25, 0.3) is 11.3 Å². The molecule has 75 heavy (non-hydrogen) atoms. The summed E-state index contributed by atoms with van der Waals surface area (Å²) in [4.78, 5) is 29.1. The molecule has 2 aromatic heterocycles. The van der Waals surface area contributed by atoms with E-state index in [0.29, 0.717) is 42.9 Å². The topological polar surface area (TPSA) is 275 Å². The van der Waals surface area contributed by atoms with Crippen LogP contribution in [-0.4, -0.2) is 201 Å².